The molecule has 136 valence electrons. The number of anilines is 2. The van der Waals surface area contributed by atoms with Crippen molar-refractivity contribution in [2.75, 3.05) is 11.4 Å². The third-order valence-corrected chi connectivity index (χ3v) is 5.95. The van der Waals surface area contributed by atoms with E-state index in [1.54, 1.807) is 17.8 Å². The van der Waals surface area contributed by atoms with Gasteiger partial charge in [0.1, 0.15) is 0 Å². The van der Waals surface area contributed by atoms with Crippen LogP contribution in [0.2, 0.25) is 0 Å². The van der Waals surface area contributed by atoms with Gasteiger partial charge in [-0.1, -0.05) is 62.9 Å². The van der Waals surface area contributed by atoms with Gasteiger partial charge < -0.3 is 4.90 Å². The zero-order chi connectivity index (χ0) is 18.4. The summed E-state index contributed by atoms with van der Waals surface area (Å²) in [5, 5.41) is 0. The summed E-state index contributed by atoms with van der Waals surface area (Å²) in [6, 6.07) is 12.0. The summed E-state index contributed by atoms with van der Waals surface area (Å²) in [6.07, 6.45) is 8.94. The molecule has 0 unspecified atom stereocenters. The lowest BCUT2D eigenvalue weighted by Gasteiger charge is -2.34. The topological polar surface area (TPSA) is 37.4 Å². The molecule has 0 saturated carbocycles. The van der Waals surface area contributed by atoms with Crippen LogP contribution in [-0.2, 0) is 0 Å². The molecule has 4 heteroatoms. The lowest BCUT2D eigenvalue weighted by atomic mass is 10.0. The molecule has 0 fully saturated rings. The average Bonchev–Trinajstić information content (AvgIpc) is 2.68. The van der Waals surface area contributed by atoms with Crippen molar-refractivity contribution in [3.63, 3.8) is 0 Å². The van der Waals surface area contributed by atoms with Crippen LogP contribution >= 0.6 is 11.8 Å². The van der Waals surface area contributed by atoms with Crippen LogP contribution in [0.25, 0.3) is 0 Å². The monoisotopic (exact) mass is 367 g/mol. The fraction of sp³-hybridized carbons (Fsp3) is 0.364. The highest BCUT2D eigenvalue weighted by Crippen LogP contribution is 2.49. The second kappa shape index (κ2) is 9.04. The van der Waals surface area contributed by atoms with Gasteiger partial charge in [-0.2, -0.15) is 0 Å². The highest BCUT2D eigenvalue weighted by Gasteiger charge is 2.26. The SMILES string of the molecule is CCCCCCCCN1c2ccccc2Sc2ccc(C=O)c(C=O)c21. The number of unbranched alkanes of at least 4 members (excludes halogenated alkanes) is 5. The fourth-order valence-corrected chi connectivity index (χ4v) is 4.60. The van der Waals surface area contributed by atoms with Gasteiger partial charge in [0, 0.05) is 27.5 Å². The quantitative estimate of drug-likeness (QED) is 0.386. The molecule has 3 nitrogen and oxygen atoms in total. The number of hydrogen-bond acceptors (Lipinski definition) is 4. The van der Waals surface area contributed by atoms with Crippen LogP contribution in [0.1, 0.15) is 66.2 Å². The minimum Gasteiger partial charge on any atom is -0.339 e. The van der Waals surface area contributed by atoms with Crippen molar-refractivity contribution >= 4 is 35.7 Å². The molecule has 0 bridgehead atoms. The van der Waals surface area contributed by atoms with Gasteiger partial charge in [-0.15, -0.1) is 0 Å². The van der Waals surface area contributed by atoms with E-state index in [0.29, 0.717) is 11.1 Å². The molecule has 2 aromatic carbocycles. The van der Waals surface area contributed by atoms with Crippen molar-refractivity contribution < 1.29 is 9.59 Å². The first-order valence-electron chi connectivity index (χ1n) is 9.42. The zero-order valence-electron chi connectivity index (χ0n) is 15.2. The molecule has 0 radical (unpaired) electrons. The molecular formula is C22H25NO2S. The fourth-order valence-electron chi connectivity index (χ4n) is 3.48. The molecule has 26 heavy (non-hydrogen) atoms. The third kappa shape index (κ3) is 3.85. The number of nitrogens with zero attached hydrogens (tertiary/aromatic N) is 1. The number of fused-ring (bicyclic) bond motifs is 2. The van der Waals surface area contributed by atoms with Crippen LogP contribution in [0.5, 0.6) is 0 Å². The van der Waals surface area contributed by atoms with Crippen LogP contribution in [0, 0.1) is 0 Å². The molecule has 1 aliphatic heterocycles. The van der Waals surface area contributed by atoms with Gasteiger partial charge in [0.25, 0.3) is 0 Å². The summed E-state index contributed by atoms with van der Waals surface area (Å²) in [7, 11) is 0. The van der Waals surface area contributed by atoms with Crippen molar-refractivity contribution in [1.29, 1.82) is 0 Å². The summed E-state index contributed by atoms with van der Waals surface area (Å²) in [6.45, 7) is 3.09. The summed E-state index contributed by atoms with van der Waals surface area (Å²) >= 11 is 1.67. The first kappa shape index (κ1) is 18.7. The summed E-state index contributed by atoms with van der Waals surface area (Å²) in [5.41, 5.74) is 2.99. The van der Waals surface area contributed by atoms with Gasteiger partial charge in [0.05, 0.1) is 11.4 Å². The largest absolute Gasteiger partial charge is 0.339 e. The Morgan fingerprint density at radius 2 is 1.65 bits per heavy atom. The smallest absolute Gasteiger partial charge is 0.152 e. The lowest BCUT2D eigenvalue weighted by Crippen LogP contribution is -2.24. The van der Waals surface area contributed by atoms with E-state index in [4.69, 9.17) is 0 Å². The summed E-state index contributed by atoms with van der Waals surface area (Å²) < 4.78 is 0. The minimum absolute atomic E-state index is 0.465. The van der Waals surface area contributed by atoms with Crippen LogP contribution in [0.15, 0.2) is 46.2 Å². The Balaban J connectivity index is 1.89. The van der Waals surface area contributed by atoms with Crippen molar-refractivity contribution in [3.05, 3.63) is 47.5 Å². The molecule has 1 heterocycles. The number of carbonyl (C=O) groups excluding carboxylic acids is 2. The number of hydrogen-bond donors (Lipinski definition) is 0. The van der Waals surface area contributed by atoms with Gasteiger partial charge in [0.2, 0.25) is 0 Å². The van der Waals surface area contributed by atoms with Gasteiger partial charge in [-0.05, 0) is 30.7 Å². The van der Waals surface area contributed by atoms with E-state index in [-0.39, 0.29) is 0 Å². The highest BCUT2D eigenvalue weighted by atomic mass is 32.2. The molecule has 2 aromatic rings. The molecule has 0 aromatic heterocycles. The van der Waals surface area contributed by atoms with E-state index in [9.17, 15) is 9.59 Å². The van der Waals surface area contributed by atoms with Gasteiger partial charge in [0.15, 0.2) is 12.6 Å². The van der Waals surface area contributed by atoms with Crippen molar-refractivity contribution in [2.24, 2.45) is 0 Å². The molecule has 0 amide bonds. The van der Waals surface area contributed by atoms with Crippen LogP contribution in [0.3, 0.4) is 0 Å². The third-order valence-electron chi connectivity index (χ3n) is 4.84. The Morgan fingerprint density at radius 3 is 2.42 bits per heavy atom. The molecule has 0 aliphatic carbocycles. The Labute approximate surface area is 159 Å². The predicted molar refractivity (Wildman–Crippen MR) is 108 cm³/mol. The first-order chi connectivity index (χ1) is 12.8. The lowest BCUT2D eigenvalue weighted by molar-refractivity contribution is 0.109. The molecule has 1 aliphatic rings. The average molecular weight is 368 g/mol. The number of para-hydroxylation sites is 1. The number of carbonyl (C=O) groups is 2. The summed E-state index contributed by atoms with van der Waals surface area (Å²) in [4.78, 5) is 27.6. The Morgan fingerprint density at radius 1 is 0.885 bits per heavy atom. The van der Waals surface area contributed by atoms with Crippen LogP contribution in [0.4, 0.5) is 11.4 Å². The van der Waals surface area contributed by atoms with E-state index in [1.165, 1.54) is 37.0 Å². The maximum atomic E-state index is 11.8. The van der Waals surface area contributed by atoms with E-state index in [1.807, 2.05) is 18.2 Å². The second-order valence-electron chi connectivity index (χ2n) is 6.64. The molecule has 0 spiro atoms. The van der Waals surface area contributed by atoms with Crippen LogP contribution < -0.4 is 4.90 Å². The molecule has 0 atom stereocenters. The molecule has 0 saturated heterocycles. The first-order valence-corrected chi connectivity index (χ1v) is 10.2. The molecule has 0 N–H and O–H groups in total. The zero-order valence-corrected chi connectivity index (χ0v) is 16.1. The van der Waals surface area contributed by atoms with Gasteiger partial charge in [-0.3, -0.25) is 9.59 Å². The maximum absolute atomic E-state index is 11.8. The van der Waals surface area contributed by atoms with Crippen LogP contribution in [-0.4, -0.2) is 19.1 Å². The second-order valence-corrected chi connectivity index (χ2v) is 7.72. The van der Waals surface area contributed by atoms with E-state index in [0.717, 1.165) is 41.8 Å². The Bertz CT molecular complexity index is 788. The van der Waals surface area contributed by atoms with E-state index < -0.39 is 0 Å². The predicted octanol–water partition coefficient (Wildman–Crippen LogP) is 6.27. The Hall–Kier alpha value is -2.07. The van der Waals surface area contributed by atoms with Crippen molar-refractivity contribution in [1.82, 2.24) is 0 Å². The number of benzene rings is 2. The summed E-state index contributed by atoms with van der Waals surface area (Å²) in [5.74, 6) is 0. The molecule has 3 rings (SSSR count). The van der Waals surface area contributed by atoms with Crippen molar-refractivity contribution in [2.45, 2.75) is 55.2 Å². The number of aldehydes is 2. The maximum Gasteiger partial charge on any atom is 0.152 e. The number of rotatable bonds is 9. The minimum atomic E-state index is 0.465. The van der Waals surface area contributed by atoms with E-state index >= 15 is 0 Å². The Kier molecular flexibility index (Phi) is 6.51. The highest BCUT2D eigenvalue weighted by molar-refractivity contribution is 7.99. The van der Waals surface area contributed by atoms with Gasteiger partial charge in [-0.25, -0.2) is 0 Å². The molecular weight excluding hydrogens is 342 g/mol. The van der Waals surface area contributed by atoms with E-state index in [2.05, 4.69) is 24.0 Å². The normalized spacial score (nSPS) is 12.4. The van der Waals surface area contributed by atoms with Crippen molar-refractivity contribution in [3.8, 4) is 0 Å². The standard InChI is InChI=1S/C22H25NO2S/c1-2-3-4-5-6-9-14-23-19-10-7-8-11-20(19)26-21-13-12-17(15-24)18(16-25)22(21)23/h7-8,10-13,15-16H,2-6,9,14H2,1H3. The van der Waals surface area contributed by atoms with Gasteiger partial charge >= 0.3 is 0 Å².